The van der Waals surface area contributed by atoms with Crippen LogP contribution >= 0.6 is 0 Å². The molecule has 0 radical (unpaired) electrons. The molecule has 8 nitrogen and oxygen atoms in total. The Hall–Kier alpha value is -3.78. The van der Waals surface area contributed by atoms with E-state index in [1.165, 1.54) is 25.1 Å². The van der Waals surface area contributed by atoms with Gasteiger partial charge in [-0.15, -0.1) is 0 Å². The molecule has 2 heterocycles. The summed E-state index contributed by atoms with van der Waals surface area (Å²) in [4.78, 5) is 43.8. The number of hydrogen-bond donors (Lipinski definition) is 2. The minimum absolute atomic E-state index is 0.0795. The van der Waals surface area contributed by atoms with Crippen molar-refractivity contribution < 1.29 is 29.4 Å². The van der Waals surface area contributed by atoms with Crippen molar-refractivity contribution in [2.24, 2.45) is 11.1 Å². The van der Waals surface area contributed by atoms with Crippen molar-refractivity contribution in [2.45, 2.75) is 25.5 Å². The van der Waals surface area contributed by atoms with Crippen LogP contribution in [0.25, 0.3) is 16.7 Å². The Balaban J connectivity index is 1.71. The van der Waals surface area contributed by atoms with Crippen molar-refractivity contribution in [3.05, 3.63) is 64.3 Å². The van der Waals surface area contributed by atoms with Gasteiger partial charge in [-0.2, -0.15) is 0 Å². The van der Waals surface area contributed by atoms with Crippen LogP contribution in [0, 0.1) is 5.92 Å². The second-order valence-corrected chi connectivity index (χ2v) is 8.16. The Morgan fingerprint density at radius 3 is 2.59 bits per heavy atom. The van der Waals surface area contributed by atoms with Gasteiger partial charge in [0.05, 0.1) is 24.3 Å². The molecule has 0 spiro atoms. The molecular weight excluding hydrogens is 412 g/mol. The molecule has 1 aliphatic carbocycles. The average molecular weight is 432 g/mol. The Morgan fingerprint density at radius 1 is 1.22 bits per heavy atom. The number of β-lactam (4-membered cyclic amide) rings is 1. The van der Waals surface area contributed by atoms with Gasteiger partial charge in [0.15, 0.2) is 5.78 Å². The summed E-state index contributed by atoms with van der Waals surface area (Å²) in [7, 11) is 1.39. The molecule has 5 rings (SSSR count). The number of hydrogen-bond acceptors (Lipinski definition) is 6. The van der Waals surface area contributed by atoms with Gasteiger partial charge in [0.25, 0.3) is 0 Å². The molecule has 2 aromatic rings. The average Bonchev–Trinajstić information content (AvgIpc) is 3.25. The number of carbonyl (C=O) groups is 3. The van der Waals surface area contributed by atoms with Crippen LogP contribution in [0.2, 0.25) is 0 Å². The van der Waals surface area contributed by atoms with Gasteiger partial charge in [-0.3, -0.25) is 9.59 Å². The van der Waals surface area contributed by atoms with Crippen molar-refractivity contribution in [1.82, 2.24) is 4.90 Å². The van der Waals surface area contributed by atoms with Crippen LogP contribution in [0.5, 0.6) is 0 Å². The summed E-state index contributed by atoms with van der Waals surface area (Å²) in [6, 6.07) is 10.3. The molecule has 2 N–H and O–H groups in total. The summed E-state index contributed by atoms with van der Waals surface area (Å²) < 4.78 is 0. The summed E-state index contributed by atoms with van der Waals surface area (Å²) in [6.07, 6.45) is 0.867. The third kappa shape index (κ3) is 2.66. The monoisotopic (exact) mass is 432 g/mol. The number of fused-ring (bicyclic) bond motifs is 4. The third-order valence-electron chi connectivity index (χ3n) is 6.43. The number of benzene rings is 2. The van der Waals surface area contributed by atoms with Gasteiger partial charge >= 0.3 is 5.97 Å². The minimum atomic E-state index is -1.20. The molecule has 8 heteroatoms. The third-order valence-corrected chi connectivity index (χ3v) is 6.43. The Morgan fingerprint density at radius 2 is 1.94 bits per heavy atom. The van der Waals surface area contributed by atoms with Gasteiger partial charge in [-0.1, -0.05) is 29.4 Å². The van der Waals surface area contributed by atoms with E-state index < -0.39 is 24.0 Å². The maximum atomic E-state index is 13.1. The first-order chi connectivity index (χ1) is 15.3. The molecule has 2 aliphatic heterocycles. The SMILES string of the molecule is CON=Cc1cc(C2=C(C(=O)O)N3C(=O)[C@H]([C@@H](C)O)[C@H]3C2)cc2c1C(=O)c1ccccc1-2. The Bertz CT molecular complexity index is 1260. The number of carboxylic acid groups (broad SMARTS) is 1. The predicted octanol–water partition coefficient (Wildman–Crippen LogP) is 2.29. The molecule has 3 atom stereocenters. The number of rotatable bonds is 5. The van der Waals surface area contributed by atoms with Crippen molar-refractivity contribution >= 4 is 29.4 Å². The van der Waals surface area contributed by atoms with Crippen LogP contribution in [-0.2, 0) is 14.4 Å². The van der Waals surface area contributed by atoms with Crippen LogP contribution in [-0.4, -0.2) is 58.2 Å². The zero-order chi connectivity index (χ0) is 22.7. The topological polar surface area (TPSA) is 116 Å². The molecule has 0 unspecified atom stereocenters. The van der Waals surface area contributed by atoms with Crippen molar-refractivity contribution in [1.29, 1.82) is 0 Å². The second kappa shape index (κ2) is 7.13. The van der Waals surface area contributed by atoms with E-state index in [0.29, 0.717) is 39.8 Å². The fourth-order valence-corrected chi connectivity index (χ4v) is 5.09. The van der Waals surface area contributed by atoms with Gasteiger partial charge in [-0.05, 0) is 47.7 Å². The lowest BCUT2D eigenvalue weighted by Crippen LogP contribution is -2.61. The van der Waals surface area contributed by atoms with Crippen LogP contribution in [0.1, 0.15) is 40.4 Å². The first kappa shape index (κ1) is 20.1. The number of aliphatic hydroxyl groups excluding tert-OH is 1. The van der Waals surface area contributed by atoms with E-state index in [1.807, 2.05) is 12.1 Å². The number of aliphatic carboxylic acids is 1. The normalized spacial score (nSPS) is 22.0. The fraction of sp³-hybridized carbons (Fsp3) is 0.250. The lowest BCUT2D eigenvalue weighted by molar-refractivity contribution is -0.161. The van der Waals surface area contributed by atoms with Crippen LogP contribution in [0.3, 0.4) is 0 Å². The number of aliphatic hydroxyl groups is 1. The number of carbonyl (C=O) groups excluding carboxylic acids is 2. The highest BCUT2D eigenvalue weighted by molar-refractivity contribution is 6.25. The predicted molar refractivity (Wildman–Crippen MR) is 115 cm³/mol. The lowest BCUT2D eigenvalue weighted by atomic mass is 9.82. The zero-order valence-electron chi connectivity index (χ0n) is 17.4. The molecule has 0 bridgehead atoms. The summed E-state index contributed by atoms with van der Waals surface area (Å²) in [5, 5.41) is 23.7. The molecule has 2 aromatic carbocycles. The highest BCUT2D eigenvalue weighted by Crippen LogP contribution is 2.48. The molecule has 162 valence electrons. The smallest absolute Gasteiger partial charge is 0.352 e. The van der Waals surface area contributed by atoms with Gasteiger partial charge in [-0.25, -0.2) is 4.79 Å². The molecule has 0 saturated carbocycles. The highest BCUT2D eigenvalue weighted by Gasteiger charge is 2.56. The fourth-order valence-electron chi connectivity index (χ4n) is 5.09. The summed E-state index contributed by atoms with van der Waals surface area (Å²) in [5.41, 5.74) is 4.00. The van der Waals surface area contributed by atoms with Gasteiger partial charge in [0.1, 0.15) is 12.8 Å². The molecule has 1 amide bonds. The standard InChI is InChI=1S/C24H20N2O6/c1-11(27)19-18-9-16(21(24(30)31)26(18)23(19)29)12-7-13(10-25-32-2)20-17(8-12)14-5-3-4-6-15(14)22(20)28/h3-8,10-11,18-19,27H,9H2,1-2H3,(H,30,31)/t11-,18-,19-/m1/s1. The van der Waals surface area contributed by atoms with Crippen LogP contribution in [0.15, 0.2) is 47.3 Å². The lowest BCUT2D eigenvalue weighted by Gasteiger charge is -2.44. The Kier molecular flexibility index (Phi) is 4.49. The Labute approximate surface area is 183 Å². The maximum Gasteiger partial charge on any atom is 0.352 e. The molecule has 32 heavy (non-hydrogen) atoms. The minimum Gasteiger partial charge on any atom is -0.477 e. The highest BCUT2D eigenvalue weighted by atomic mass is 16.6. The van der Waals surface area contributed by atoms with Crippen LogP contribution < -0.4 is 0 Å². The summed E-state index contributed by atoms with van der Waals surface area (Å²) >= 11 is 0. The number of ketones is 1. The van der Waals surface area contributed by atoms with Crippen molar-refractivity contribution in [3.8, 4) is 11.1 Å². The molecule has 0 aromatic heterocycles. The van der Waals surface area contributed by atoms with E-state index in [4.69, 9.17) is 4.84 Å². The largest absolute Gasteiger partial charge is 0.477 e. The quantitative estimate of drug-likeness (QED) is 0.363. The van der Waals surface area contributed by atoms with Gasteiger partial charge in [0.2, 0.25) is 5.91 Å². The molecule has 1 fully saturated rings. The van der Waals surface area contributed by atoms with E-state index in [-0.39, 0.29) is 17.4 Å². The van der Waals surface area contributed by atoms with E-state index in [0.717, 1.165) is 5.56 Å². The summed E-state index contributed by atoms with van der Waals surface area (Å²) in [6.45, 7) is 1.54. The van der Waals surface area contributed by atoms with E-state index in [2.05, 4.69) is 5.16 Å². The zero-order valence-corrected chi connectivity index (χ0v) is 17.4. The molecule has 1 saturated heterocycles. The molecule has 3 aliphatic rings. The number of oxime groups is 1. The van der Waals surface area contributed by atoms with Gasteiger partial charge < -0.3 is 20.0 Å². The summed E-state index contributed by atoms with van der Waals surface area (Å²) in [5.74, 6) is -2.36. The number of carboxylic acids is 1. The number of nitrogens with zero attached hydrogens (tertiary/aromatic N) is 2. The van der Waals surface area contributed by atoms with E-state index >= 15 is 0 Å². The molecular formula is C24H20N2O6. The maximum absolute atomic E-state index is 13.1. The van der Waals surface area contributed by atoms with Crippen molar-refractivity contribution in [2.75, 3.05) is 7.11 Å². The second-order valence-electron chi connectivity index (χ2n) is 8.16. The first-order valence-corrected chi connectivity index (χ1v) is 10.2. The van der Waals surface area contributed by atoms with Gasteiger partial charge in [0, 0.05) is 16.7 Å². The van der Waals surface area contributed by atoms with Crippen molar-refractivity contribution in [3.63, 3.8) is 0 Å². The van der Waals surface area contributed by atoms with Crippen LogP contribution in [0.4, 0.5) is 0 Å². The van der Waals surface area contributed by atoms with E-state index in [1.54, 1.807) is 24.3 Å². The first-order valence-electron chi connectivity index (χ1n) is 10.2. The van der Waals surface area contributed by atoms with E-state index in [9.17, 15) is 24.6 Å². The number of amides is 1.